The molecule has 0 aliphatic carbocycles. The number of aliphatic imine (C=N–C) groups is 1. The third-order valence-corrected chi connectivity index (χ3v) is 9.31. The number of H-pyrrole nitrogens is 1. The summed E-state index contributed by atoms with van der Waals surface area (Å²) in [5, 5.41) is 2.31. The van der Waals surface area contributed by atoms with Gasteiger partial charge in [-0.15, -0.1) is 0 Å². The largest absolute Gasteiger partial charge is 0.497 e. The van der Waals surface area contributed by atoms with Crippen molar-refractivity contribution >= 4 is 56.4 Å². The molecule has 3 aromatic carbocycles. The maximum atomic E-state index is 14.0. The van der Waals surface area contributed by atoms with E-state index in [2.05, 4.69) is 16.0 Å². The Morgan fingerprint density at radius 2 is 1.67 bits per heavy atom. The fourth-order valence-corrected chi connectivity index (χ4v) is 6.98. The van der Waals surface area contributed by atoms with Gasteiger partial charge in [-0.3, -0.25) is 19.2 Å². The van der Waals surface area contributed by atoms with E-state index in [1.54, 1.807) is 22.8 Å². The van der Waals surface area contributed by atoms with Crippen LogP contribution < -0.4 is 10.3 Å². The lowest BCUT2D eigenvalue weighted by Crippen LogP contribution is -2.31. The number of rotatable bonds is 7. The Bertz CT molecular complexity index is 2260. The molecule has 1 saturated heterocycles. The molecule has 0 bridgehead atoms. The molecule has 4 heterocycles. The van der Waals surface area contributed by atoms with E-state index in [1.165, 1.54) is 11.8 Å². The van der Waals surface area contributed by atoms with Crippen molar-refractivity contribution < 1.29 is 9.53 Å². The van der Waals surface area contributed by atoms with Crippen molar-refractivity contribution in [2.75, 3.05) is 13.7 Å². The monoisotopic (exact) mass is 628 g/mol. The Balaban J connectivity index is 1.26. The second-order valence-electron chi connectivity index (χ2n) is 11.2. The van der Waals surface area contributed by atoms with Gasteiger partial charge in [-0.05, 0) is 105 Å². The van der Waals surface area contributed by atoms with Gasteiger partial charge in [-0.1, -0.05) is 30.3 Å². The Morgan fingerprint density at radius 3 is 2.46 bits per heavy atom. The molecule has 9 nitrogen and oxygen atoms in total. The van der Waals surface area contributed by atoms with Crippen molar-refractivity contribution in [1.82, 2.24) is 24.2 Å². The van der Waals surface area contributed by atoms with E-state index < -0.39 is 0 Å². The lowest BCUT2D eigenvalue weighted by atomic mass is 10.1. The van der Waals surface area contributed by atoms with Crippen LogP contribution in [0.4, 0.5) is 5.69 Å². The van der Waals surface area contributed by atoms with Crippen LogP contribution in [0.15, 0.2) is 99.8 Å². The number of nitrogens with zero attached hydrogens (tertiary/aromatic N) is 5. The maximum absolute atomic E-state index is 14.0. The number of para-hydroxylation sites is 2. The zero-order valence-electron chi connectivity index (χ0n) is 25.9. The molecule has 6 aromatic rings. The van der Waals surface area contributed by atoms with E-state index in [4.69, 9.17) is 9.73 Å². The molecule has 0 atom stereocenters. The van der Waals surface area contributed by atoms with Gasteiger partial charge < -0.3 is 9.72 Å². The molecule has 46 heavy (non-hydrogen) atoms. The van der Waals surface area contributed by atoms with Gasteiger partial charge in [0.15, 0.2) is 5.17 Å². The van der Waals surface area contributed by atoms with Crippen LogP contribution in [-0.4, -0.2) is 48.9 Å². The summed E-state index contributed by atoms with van der Waals surface area (Å²) in [6, 6.07) is 25.0. The second-order valence-corrected chi connectivity index (χ2v) is 12.2. The summed E-state index contributed by atoms with van der Waals surface area (Å²) in [5.74, 6) is 1.21. The second kappa shape index (κ2) is 11.9. The first-order valence-electron chi connectivity index (χ1n) is 15.0. The highest BCUT2D eigenvalue weighted by atomic mass is 32.2. The number of hydrogen-bond acceptors (Lipinski definition) is 6. The van der Waals surface area contributed by atoms with Gasteiger partial charge in [0.1, 0.15) is 11.6 Å². The molecule has 1 aliphatic heterocycles. The van der Waals surface area contributed by atoms with Crippen LogP contribution in [0.5, 0.6) is 5.75 Å². The minimum Gasteiger partial charge on any atom is -0.497 e. The fourth-order valence-electron chi connectivity index (χ4n) is 5.97. The van der Waals surface area contributed by atoms with Crippen molar-refractivity contribution in [3.63, 3.8) is 0 Å². The number of hydrogen-bond donors (Lipinski definition) is 1. The van der Waals surface area contributed by atoms with Crippen molar-refractivity contribution in [2.24, 2.45) is 4.99 Å². The molecule has 3 aromatic heterocycles. The van der Waals surface area contributed by atoms with Crippen LogP contribution in [0.2, 0.25) is 0 Å². The Labute approximate surface area is 269 Å². The summed E-state index contributed by atoms with van der Waals surface area (Å²) < 4.78 is 8.78. The third kappa shape index (κ3) is 5.20. The highest BCUT2D eigenvalue weighted by Crippen LogP contribution is 2.36. The topological polar surface area (TPSA) is 97.5 Å². The molecule has 10 heteroatoms. The average Bonchev–Trinajstić information content (AvgIpc) is 3.69. The number of fused-ring (bicyclic) bond motifs is 2. The Kier molecular flexibility index (Phi) is 7.58. The number of aromatic amines is 1. The van der Waals surface area contributed by atoms with Gasteiger partial charge in [0.25, 0.3) is 11.5 Å². The zero-order valence-corrected chi connectivity index (χ0v) is 26.8. The minimum atomic E-state index is -0.146. The third-order valence-electron chi connectivity index (χ3n) is 8.30. The van der Waals surface area contributed by atoms with Crippen molar-refractivity contribution in [2.45, 2.75) is 27.2 Å². The number of aryl methyl sites for hydroxylation is 2. The number of carbonyl (C=O) groups is 1. The molecular formula is C36H32N6O3S. The van der Waals surface area contributed by atoms with Gasteiger partial charge in [0.05, 0.1) is 28.6 Å². The van der Waals surface area contributed by atoms with E-state index in [-0.39, 0.29) is 11.5 Å². The molecule has 230 valence electrons. The first-order valence-corrected chi connectivity index (χ1v) is 15.8. The molecule has 1 aliphatic rings. The molecule has 0 unspecified atom stereocenters. The van der Waals surface area contributed by atoms with Crippen molar-refractivity contribution in [3.05, 3.63) is 129 Å². The summed E-state index contributed by atoms with van der Waals surface area (Å²) in [6.45, 7) is 6.19. The zero-order chi connectivity index (χ0) is 31.9. The van der Waals surface area contributed by atoms with Gasteiger partial charge in [-0.2, -0.15) is 4.68 Å². The minimum absolute atomic E-state index is 0.109. The molecule has 0 radical (unpaired) electrons. The quantitative estimate of drug-likeness (QED) is 0.197. The smallest absolute Gasteiger partial charge is 0.280 e. The highest BCUT2D eigenvalue weighted by molar-refractivity contribution is 8.18. The predicted octanol–water partition coefficient (Wildman–Crippen LogP) is 6.77. The van der Waals surface area contributed by atoms with E-state index >= 15 is 0 Å². The molecule has 1 amide bonds. The number of thioether (sulfide) groups is 1. The number of ether oxygens (including phenoxy) is 1. The Morgan fingerprint density at radius 1 is 0.935 bits per heavy atom. The summed E-state index contributed by atoms with van der Waals surface area (Å²) in [4.78, 5) is 42.8. The standard InChI is InChI=1S/C36H32N6O3S/c1-22-19-26(23(2)41(22)42-24(3)38-32-12-8-6-10-30(32)34(42)43)20-33-35(44)40(18-17-25-21-37-31-11-7-5-9-29(25)31)36(46-33)39-27-13-15-28(45-4)16-14-27/h5-16,19-21,37H,17-18H2,1-4H3. The number of benzene rings is 3. The molecule has 0 spiro atoms. The molecule has 1 fully saturated rings. The first-order chi connectivity index (χ1) is 22.3. The van der Waals surface area contributed by atoms with Crippen molar-refractivity contribution in [1.29, 1.82) is 0 Å². The number of amidine groups is 1. The fraction of sp³-hybridized carbons (Fsp3) is 0.167. The number of methoxy groups -OCH3 is 1. The molecule has 0 saturated carbocycles. The lowest BCUT2D eigenvalue weighted by molar-refractivity contribution is -0.122. The predicted molar refractivity (Wildman–Crippen MR) is 185 cm³/mol. The number of aromatic nitrogens is 4. The maximum Gasteiger partial charge on any atom is 0.280 e. The van der Waals surface area contributed by atoms with Crippen LogP contribution >= 0.6 is 11.8 Å². The molecular weight excluding hydrogens is 597 g/mol. The summed E-state index contributed by atoms with van der Waals surface area (Å²) in [7, 11) is 1.63. The normalized spacial score (nSPS) is 15.2. The van der Waals surface area contributed by atoms with Gasteiger partial charge >= 0.3 is 0 Å². The van der Waals surface area contributed by atoms with E-state index in [0.29, 0.717) is 39.8 Å². The van der Waals surface area contributed by atoms with E-state index in [9.17, 15) is 9.59 Å². The van der Waals surface area contributed by atoms with E-state index in [1.807, 2.05) is 104 Å². The number of amides is 1. The van der Waals surface area contributed by atoms with Crippen LogP contribution in [-0.2, 0) is 11.2 Å². The SMILES string of the molecule is COc1ccc(N=C2SC(=Cc3cc(C)n(-n4c(C)nc5ccccc5c4=O)c3C)C(=O)N2CCc2c[nH]c3ccccc23)cc1. The summed E-state index contributed by atoms with van der Waals surface area (Å²) >= 11 is 1.35. The Hall–Kier alpha value is -5.35. The number of carbonyl (C=O) groups excluding carboxylic acids is 1. The van der Waals surface area contributed by atoms with Crippen LogP contribution in [0.25, 0.3) is 27.9 Å². The van der Waals surface area contributed by atoms with Gasteiger partial charge in [-0.25, -0.2) is 9.98 Å². The summed E-state index contributed by atoms with van der Waals surface area (Å²) in [5.41, 5.74) is 5.98. The van der Waals surface area contributed by atoms with Crippen LogP contribution in [0.1, 0.15) is 28.3 Å². The molecule has 1 N–H and O–H groups in total. The average molecular weight is 629 g/mol. The highest BCUT2D eigenvalue weighted by Gasteiger charge is 2.34. The van der Waals surface area contributed by atoms with Crippen molar-refractivity contribution in [3.8, 4) is 5.75 Å². The first kappa shape index (κ1) is 29.4. The van der Waals surface area contributed by atoms with E-state index in [0.717, 1.165) is 44.9 Å². The van der Waals surface area contributed by atoms with Crippen LogP contribution in [0, 0.1) is 20.8 Å². The van der Waals surface area contributed by atoms with Gasteiger partial charge in [0, 0.05) is 35.0 Å². The number of nitrogens with one attached hydrogen (secondary N) is 1. The van der Waals surface area contributed by atoms with Crippen LogP contribution in [0.3, 0.4) is 0 Å². The summed E-state index contributed by atoms with van der Waals surface area (Å²) in [6.07, 6.45) is 4.57. The molecule has 7 rings (SSSR count). The van der Waals surface area contributed by atoms with Gasteiger partial charge in [0.2, 0.25) is 0 Å². The lowest BCUT2D eigenvalue weighted by Gasteiger charge is -2.16.